The molecule has 0 aliphatic heterocycles. The van der Waals surface area contributed by atoms with E-state index in [1.807, 2.05) is 30.3 Å². The van der Waals surface area contributed by atoms with Gasteiger partial charge in [0.25, 0.3) is 0 Å². The van der Waals surface area contributed by atoms with Crippen LogP contribution in [-0.2, 0) is 0 Å². The first-order chi connectivity index (χ1) is 4.81. The van der Waals surface area contributed by atoms with E-state index in [0.29, 0.717) is 0 Å². The summed E-state index contributed by atoms with van der Waals surface area (Å²) < 4.78 is 0. The van der Waals surface area contributed by atoms with E-state index in [1.165, 1.54) is 0 Å². The summed E-state index contributed by atoms with van der Waals surface area (Å²) in [6, 6.07) is 9.87. The Labute approximate surface area is 85.4 Å². The third-order valence-corrected chi connectivity index (χ3v) is 0.843. The molecule has 0 saturated heterocycles. The van der Waals surface area contributed by atoms with Gasteiger partial charge in [-0.05, 0) is 0 Å². The van der Waals surface area contributed by atoms with E-state index in [-0.39, 0.29) is 23.1 Å². The van der Waals surface area contributed by atoms with Crippen molar-refractivity contribution in [2.45, 2.75) is 0 Å². The summed E-state index contributed by atoms with van der Waals surface area (Å²) in [6.07, 6.45) is 0. The van der Waals surface area contributed by atoms with Gasteiger partial charge in [0, 0.05) is 0 Å². The van der Waals surface area contributed by atoms with Gasteiger partial charge < -0.3 is 5.32 Å². The normalized spacial score (nSPS) is 7.09. The third-order valence-electron chi connectivity index (χ3n) is 0.843. The summed E-state index contributed by atoms with van der Waals surface area (Å²) >= 11 is 0. The topological polar surface area (TPSA) is 14.1 Å². The van der Waals surface area contributed by atoms with Gasteiger partial charge >= 0.3 is 23.1 Å². The van der Waals surface area contributed by atoms with Gasteiger partial charge in [0.05, 0.1) is 0 Å². The summed E-state index contributed by atoms with van der Waals surface area (Å²) in [5.74, 6) is 0. The average molecular weight is 160 g/mol. The Kier molecular flexibility index (Phi) is 12.0. The number of benzene rings is 1. The van der Waals surface area contributed by atoms with Crippen molar-refractivity contribution in [3.8, 4) is 0 Å². The fourth-order valence-corrected chi connectivity index (χ4v) is 0.478. The smallest absolute Gasteiger partial charge is 0.668 e. The molecule has 0 radical (unpaired) electrons. The van der Waals surface area contributed by atoms with Crippen molar-refractivity contribution < 1.29 is 0 Å². The van der Waals surface area contributed by atoms with Gasteiger partial charge in [-0.15, -0.1) is 12.1 Å². The Hall–Kier alpha value is -0.184. The first kappa shape index (κ1) is 13.4. The van der Waals surface area contributed by atoms with Gasteiger partial charge in [-0.2, -0.15) is 38.7 Å². The minimum absolute atomic E-state index is 0. The van der Waals surface area contributed by atoms with Crippen LogP contribution >= 0.6 is 0 Å². The van der Waals surface area contributed by atoms with Crippen LogP contribution in [0.4, 0.5) is 0 Å². The Balaban J connectivity index is 0. The predicted octanol–water partition coefficient (Wildman–Crippen LogP) is 2.11. The molecule has 11 heavy (non-hydrogen) atoms. The van der Waals surface area contributed by atoms with Crippen molar-refractivity contribution in [3.05, 3.63) is 48.1 Å². The van der Waals surface area contributed by atoms with Gasteiger partial charge in [-0.3, -0.25) is 0 Å². The zero-order chi connectivity index (χ0) is 7.82. The van der Waals surface area contributed by atoms with Crippen molar-refractivity contribution in [3.63, 3.8) is 0 Å². The van der Waals surface area contributed by atoms with Crippen LogP contribution in [0.15, 0.2) is 30.3 Å². The maximum absolute atomic E-state index is 3.72. The standard InChI is InChI=1S/C7H7.C2H6N.Mg/c1-7-5-3-2-4-6-7;1-3-2;/h2-6H,1H2;1-2H3;/q2*-1;+2. The van der Waals surface area contributed by atoms with E-state index >= 15 is 0 Å². The van der Waals surface area contributed by atoms with E-state index in [9.17, 15) is 0 Å². The molecule has 0 aromatic heterocycles. The molecule has 0 aliphatic rings. The Morgan fingerprint density at radius 1 is 1.09 bits per heavy atom. The van der Waals surface area contributed by atoms with Crippen LogP contribution in [0.25, 0.3) is 5.32 Å². The third kappa shape index (κ3) is 9.82. The quantitative estimate of drug-likeness (QED) is 0.407. The van der Waals surface area contributed by atoms with E-state index in [2.05, 4.69) is 12.2 Å². The molecule has 1 nitrogen and oxygen atoms in total. The summed E-state index contributed by atoms with van der Waals surface area (Å²) in [6.45, 7) is 3.72. The molecule has 1 rings (SSSR count). The second kappa shape index (κ2) is 9.82. The molecular formula is C9H13MgN. The van der Waals surface area contributed by atoms with Crippen LogP contribution in [0.2, 0.25) is 0 Å². The Morgan fingerprint density at radius 2 is 1.45 bits per heavy atom. The van der Waals surface area contributed by atoms with Crippen molar-refractivity contribution in [1.82, 2.24) is 0 Å². The summed E-state index contributed by atoms with van der Waals surface area (Å²) in [4.78, 5) is 0. The van der Waals surface area contributed by atoms with E-state index < -0.39 is 0 Å². The summed E-state index contributed by atoms with van der Waals surface area (Å²) in [7, 11) is 3.50. The van der Waals surface area contributed by atoms with Crippen LogP contribution in [0.3, 0.4) is 0 Å². The zero-order valence-corrected chi connectivity index (χ0v) is 8.66. The summed E-state index contributed by atoms with van der Waals surface area (Å²) in [5, 5.41) is 3.50. The van der Waals surface area contributed by atoms with Gasteiger partial charge in [0.15, 0.2) is 0 Å². The molecule has 2 heteroatoms. The number of hydrogen-bond donors (Lipinski definition) is 0. The monoisotopic (exact) mass is 159 g/mol. The molecule has 0 atom stereocenters. The fourth-order valence-electron chi connectivity index (χ4n) is 0.478. The molecule has 1 aromatic carbocycles. The first-order valence-corrected chi connectivity index (χ1v) is 3.16. The first-order valence-electron chi connectivity index (χ1n) is 3.16. The van der Waals surface area contributed by atoms with E-state index in [0.717, 1.165) is 5.56 Å². The van der Waals surface area contributed by atoms with Gasteiger partial charge in [-0.25, -0.2) is 0 Å². The number of rotatable bonds is 0. The molecule has 0 N–H and O–H groups in total. The fraction of sp³-hybridized carbons (Fsp3) is 0.222. The van der Waals surface area contributed by atoms with Crippen LogP contribution in [0.5, 0.6) is 0 Å². The van der Waals surface area contributed by atoms with E-state index in [4.69, 9.17) is 0 Å². The summed E-state index contributed by atoms with van der Waals surface area (Å²) in [5.41, 5.74) is 1.07. The molecule has 0 fully saturated rings. The minimum Gasteiger partial charge on any atom is -0.668 e. The van der Waals surface area contributed by atoms with Gasteiger partial charge in [-0.1, -0.05) is 6.07 Å². The predicted molar refractivity (Wildman–Crippen MR) is 51.9 cm³/mol. The Morgan fingerprint density at radius 3 is 1.64 bits per heavy atom. The molecule has 0 aliphatic carbocycles. The molecule has 0 heterocycles. The van der Waals surface area contributed by atoms with Gasteiger partial charge in [0.2, 0.25) is 0 Å². The van der Waals surface area contributed by atoms with Crippen molar-refractivity contribution >= 4 is 23.1 Å². The largest absolute Gasteiger partial charge is 2.00 e. The average Bonchev–Trinajstić information content (AvgIpc) is 1.91. The molecule has 0 unspecified atom stereocenters. The van der Waals surface area contributed by atoms with Crippen molar-refractivity contribution in [1.29, 1.82) is 0 Å². The molecule has 56 valence electrons. The maximum Gasteiger partial charge on any atom is 2.00 e. The minimum atomic E-state index is 0. The number of hydrogen-bond acceptors (Lipinski definition) is 0. The molecular weight excluding hydrogens is 146 g/mol. The second-order valence-corrected chi connectivity index (χ2v) is 1.93. The zero-order valence-electron chi connectivity index (χ0n) is 7.25. The van der Waals surface area contributed by atoms with E-state index in [1.54, 1.807) is 14.1 Å². The molecule has 1 aromatic rings. The number of nitrogens with zero attached hydrogens (tertiary/aromatic N) is 1. The SMILES string of the molecule is C[N-]C.[CH2-]c1ccccc1.[Mg+2]. The van der Waals surface area contributed by atoms with Crippen molar-refractivity contribution in [2.24, 2.45) is 0 Å². The molecule has 0 spiro atoms. The van der Waals surface area contributed by atoms with Crippen molar-refractivity contribution in [2.75, 3.05) is 14.1 Å². The molecule has 0 saturated carbocycles. The van der Waals surface area contributed by atoms with Gasteiger partial charge in [0.1, 0.15) is 0 Å². The Bertz CT molecular complexity index is 151. The maximum atomic E-state index is 3.72. The van der Waals surface area contributed by atoms with Crippen LogP contribution < -0.4 is 0 Å². The van der Waals surface area contributed by atoms with Crippen LogP contribution in [-0.4, -0.2) is 37.1 Å². The van der Waals surface area contributed by atoms with Crippen LogP contribution in [0.1, 0.15) is 5.56 Å². The molecule has 0 amide bonds. The van der Waals surface area contributed by atoms with Crippen LogP contribution in [0, 0.1) is 6.92 Å². The molecule has 0 bridgehead atoms. The second-order valence-electron chi connectivity index (χ2n) is 1.93.